The van der Waals surface area contributed by atoms with Crippen LogP contribution in [0.4, 0.5) is 4.39 Å². The normalized spacial score (nSPS) is 15.7. The molecule has 0 amide bonds. The van der Waals surface area contributed by atoms with Crippen LogP contribution in [0.15, 0.2) is 24.3 Å². The maximum atomic E-state index is 12.7. The van der Waals surface area contributed by atoms with E-state index in [4.69, 9.17) is 5.11 Å². The predicted molar refractivity (Wildman–Crippen MR) is 61.5 cm³/mol. The Kier molecular flexibility index (Phi) is 3.91. The summed E-state index contributed by atoms with van der Waals surface area (Å²) in [5.74, 6) is 0.617. The van der Waals surface area contributed by atoms with Gasteiger partial charge in [0.1, 0.15) is 5.82 Å². The number of rotatable bonds is 6. The average molecular weight is 223 g/mol. The highest BCUT2D eigenvalue weighted by atomic mass is 19.1. The molecule has 1 aliphatic rings. The molecule has 2 nitrogen and oxygen atoms in total. The van der Waals surface area contributed by atoms with Gasteiger partial charge in [0.05, 0.1) is 6.61 Å². The Bertz CT molecular complexity index is 321. The first-order chi connectivity index (χ1) is 7.78. The Morgan fingerprint density at radius 1 is 1.25 bits per heavy atom. The highest BCUT2D eigenvalue weighted by Crippen LogP contribution is 2.30. The Hall–Kier alpha value is -0.930. The third-order valence-electron chi connectivity index (χ3n) is 2.95. The van der Waals surface area contributed by atoms with Gasteiger partial charge in [-0.25, -0.2) is 4.39 Å². The van der Waals surface area contributed by atoms with Crippen molar-refractivity contribution >= 4 is 0 Å². The predicted octanol–water partition coefficient (Wildman–Crippen LogP) is 2.03. The molecule has 88 valence electrons. The number of benzene rings is 1. The van der Waals surface area contributed by atoms with Gasteiger partial charge >= 0.3 is 0 Å². The van der Waals surface area contributed by atoms with E-state index in [2.05, 4.69) is 4.90 Å². The summed E-state index contributed by atoms with van der Waals surface area (Å²) in [6.45, 7) is 2.75. The minimum absolute atomic E-state index is 0.188. The minimum atomic E-state index is -0.195. The summed E-state index contributed by atoms with van der Waals surface area (Å²) in [6, 6.07) is 6.60. The maximum Gasteiger partial charge on any atom is 0.123 e. The molecule has 0 heterocycles. The zero-order valence-electron chi connectivity index (χ0n) is 9.40. The third kappa shape index (κ3) is 3.58. The second-order valence-corrected chi connectivity index (χ2v) is 4.53. The number of halogens is 1. The summed E-state index contributed by atoms with van der Waals surface area (Å²) in [5, 5.41) is 8.99. The lowest BCUT2D eigenvalue weighted by molar-refractivity contribution is 0.185. The van der Waals surface area contributed by atoms with Gasteiger partial charge in [-0.2, -0.15) is 0 Å². The van der Waals surface area contributed by atoms with Gasteiger partial charge in [-0.05, 0) is 36.5 Å². The van der Waals surface area contributed by atoms with Crippen molar-refractivity contribution in [2.24, 2.45) is 5.92 Å². The van der Waals surface area contributed by atoms with E-state index in [1.165, 1.54) is 25.0 Å². The summed E-state index contributed by atoms with van der Waals surface area (Å²) in [6.07, 6.45) is 2.62. The lowest BCUT2D eigenvalue weighted by Crippen LogP contribution is -2.28. The molecule has 1 aliphatic carbocycles. The van der Waals surface area contributed by atoms with E-state index in [1.54, 1.807) is 0 Å². The summed E-state index contributed by atoms with van der Waals surface area (Å²) < 4.78 is 12.7. The molecule has 0 aliphatic heterocycles. The highest BCUT2D eigenvalue weighted by Gasteiger charge is 2.23. The van der Waals surface area contributed by atoms with Crippen molar-refractivity contribution in [1.29, 1.82) is 0 Å². The summed E-state index contributed by atoms with van der Waals surface area (Å²) in [7, 11) is 0. The fraction of sp³-hybridized carbons (Fsp3) is 0.538. The van der Waals surface area contributed by atoms with Gasteiger partial charge in [0.15, 0.2) is 0 Å². The third-order valence-corrected chi connectivity index (χ3v) is 2.95. The van der Waals surface area contributed by atoms with E-state index in [-0.39, 0.29) is 12.4 Å². The van der Waals surface area contributed by atoms with Crippen LogP contribution in [-0.4, -0.2) is 29.7 Å². The first kappa shape index (κ1) is 11.6. The number of nitrogens with zero attached hydrogens (tertiary/aromatic N) is 1. The van der Waals surface area contributed by atoms with E-state index in [0.29, 0.717) is 6.54 Å². The molecule has 3 heteroatoms. The van der Waals surface area contributed by atoms with Gasteiger partial charge in [-0.15, -0.1) is 0 Å². The quantitative estimate of drug-likeness (QED) is 0.797. The van der Waals surface area contributed by atoms with Crippen LogP contribution in [0.1, 0.15) is 18.4 Å². The molecule has 0 spiro atoms. The maximum absolute atomic E-state index is 12.7. The van der Waals surface area contributed by atoms with Crippen LogP contribution in [0.25, 0.3) is 0 Å². The van der Waals surface area contributed by atoms with Crippen molar-refractivity contribution in [2.45, 2.75) is 19.4 Å². The second kappa shape index (κ2) is 5.41. The Morgan fingerprint density at radius 3 is 2.50 bits per heavy atom. The van der Waals surface area contributed by atoms with Gasteiger partial charge in [0.25, 0.3) is 0 Å². The Balaban J connectivity index is 1.90. The van der Waals surface area contributed by atoms with Gasteiger partial charge in [0, 0.05) is 19.6 Å². The van der Waals surface area contributed by atoms with E-state index in [0.717, 1.165) is 24.6 Å². The Labute approximate surface area is 95.7 Å². The molecule has 1 N–H and O–H groups in total. The molecule has 1 saturated carbocycles. The van der Waals surface area contributed by atoms with Gasteiger partial charge in [-0.3, -0.25) is 4.90 Å². The molecular formula is C13H18FNO. The zero-order chi connectivity index (χ0) is 11.4. The molecule has 0 unspecified atom stereocenters. The van der Waals surface area contributed by atoms with Crippen LogP contribution < -0.4 is 0 Å². The second-order valence-electron chi connectivity index (χ2n) is 4.53. The largest absolute Gasteiger partial charge is 0.395 e. The first-order valence-corrected chi connectivity index (χ1v) is 5.85. The molecule has 1 aromatic carbocycles. The monoisotopic (exact) mass is 223 g/mol. The van der Waals surface area contributed by atoms with Crippen LogP contribution >= 0.6 is 0 Å². The van der Waals surface area contributed by atoms with Crippen molar-refractivity contribution in [2.75, 3.05) is 19.7 Å². The Morgan fingerprint density at radius 2 is 1.94 bits per heavy atom. The SMILES string of the molecule is OCCN(Cc1ccc(F)cc1)CC1CC1. The van der Waals surface area contributed by atoms with E-state index in [9.17, 15) is 4.39 Å². The lowest BCUT2D eigenvalue weighted by atomic mass is 10.2. The van der Waals surface area contributed by atoms with E-state index >= 15 is 0 Å². The van der Waals surface area contributed by atoms with Crippen molar-refractivity contribution in [3.8, 4) is 0 Å². The highest BCUT2D eigenvalue weighted by molar-refractivity contribution is 5.15. The van der Waals surface area contributed by atoms with Gasteiger partial charge in [-0.1, -0.05) is 12.1 Å². The summed E-state index contributed by atoms with van der Waals surface area (Å²) in [4.78, 5) is 2.24. The van der Waals surface area contributed by atoms with Crippen LogP contribution in [0, 0.1) is 11.7 Å². The lowest BCUT2D eigenvalue weighted by Gasteiger charge is -2.21. The van der Waals surface area contributed by atoms with Gasteiger partial charge < -0.3 is 5.11 Å². The van der Waals surface area contributed by atoms with Crippen LogP contribution in [0.2, 0.25) is 0 Å². The molecule has 0 aromatic heterocycles. The number of hydrogen-bond donors (Lipinski definition) is 1. The fourth-order valence-corrected chi connectivity index (χ4v) is 1.89. The minimum Gasteiger partial charge on any atom is -0.395 e. The number of hydrogen-bond acceptors (Lipinski definition) is 2. The molecule has 2 rings (SSSR count). The smallest absolute Gasteiger partial charge is 0.123 e. The molecule has 16 heavy (non-hydrogen) atoms. The molecule has 0 radical (unpaired) electrons. The summed E-state index contributed by atoms with van der Waals surface area (Å²) >= 11 is 0. The molecule has 1 fully saturated rings. The van der Waals surface area contributed by atoms with E-state index in [1.807, 2.05) is 12.1 Å². The topological polar surface area (TPSA) is 23.5 Å². The van der Waals surface area contributed by atoms with Gasteiger partial charge in [0.2, 0.25) is 0 Å². The van der Waals surface area contributed by atoms with Crippen molar-refractivity contribution in [3.05, 3.63) is 35.6 Å². The number of aliphatic hydroxyl groups excluding tert-OH is 1. The average Bonchev–Trinajstić information content (AvgIpc) is 3.06. The van der Waals surface area contributed by atoms with Crippen LogP contribution in [0.3, 0.4) is 0 Å². The molecule has 0 bridgehead atoms. The molecular weight excluding hydrogens is 205 g/mol. The zero-order valence-corrected chi connectivity index (χ0v) is 9.40. The van der Waals surface area contributed by atoms with E-state index < -0.39 is 0 Å². The van der Waals surface area contributed by atoms with Crippen molar-refractivity contribution in [1.82, 2.24) is 4.90 Å². The van der Waals surface area contributed by atoms with Crippen LogP contribution in [-0.2, 0) is 6.54 Å². The van der Waals surface area contributed by atoms with Crippen molar-refractivity contribution < 1.29 is 9.50 Å². The molecule has 0 atom stereocenters. The standard InChI is InChI=1S/C13H18FNO/c14-13-5-3-12(4-6-13)10-15(7-8-16)9-11-1-2-11/h3-6,11,16H,1-2,7-10H2. The van der Waals surface area contributed by atoms with Crippen molar-refractivity contribution in [3.63, 3.8) is 0 Å². The molecule has 0 saturated heterocycles. The number of aliphatic hydroxyl groups is 1. The summed E-state index contributed by atoms with van der Waals surface area (Å²) in [5.41, 5.74) is 1.11. The first-order valence-electron chi connectivity index (χ1n) is 5.85. The molecule has 1 aromatic rings. The fourth-order valence-electron chi connectivity index (χ4n) is 1.89. The van der Waals surface area contributed by atoms with Crippen LogP contribution in [0.5, 0.6) is 0 Å².